The Balaban J connectivity index is 2.21. The average molecular weight is 200 g/mol. The van der Waals surface area contributed by atoms with Crippen LogP contribution in [0.15, 0.2) is 0 Å². The molecule has 2 aliphatic heterocycles. The van der Waals surface area contributed by atoms with Crippen LogP contribution in [0, 0.1) is 11.8 Å². The zero-order valence-electron chi connectivity index (χ0n) is 7.80. The molecular weight excluding hydrogens is 188 g/mol. The molecule has 2 rings (SSSR count). The first-order valence-corrected chi connectivity index (χ1v) is 4.61. The molecule has 1 N–H and O–H groups in total. The maximum Gasteiger partial charge on any atom is 0.312 e. The van der Waals surface area contributed by atoms with Gasteiger partial charge in [0.15, 0.2) is 0 Å². The van der Waals surface area contributed by atoms with Crippen molar-refractivity contribution in [1.82, 2.24) is 0 Å². The van der Waals surface area contributed by atoms with Crippen molar-refractivity contribution in [3.63, 3.8) is 0 Å². The number of ether oxygens (including phenoxy) is 2. The Morgan fingerprint density at radius 3 is 2.36 bits per heavy atom. The second-order valence-electron chi connectivity index (χ2n) is 3.70. The Kier molecular flexibility index (Phi) is 2.19. The molecule has 14 heavy (non-hydrogen) atoms. The summed E-state index contributed by atoms with van der Waals surface area (Å²) in [5, 5.41) is 8.96. The fraction of sp³-hybridized carbons (Fsp3) is 0.778. The maximum absolute atomic E-state index is 11.4. The zero-order valence-corrected chi connectivity index (χ0v) is 7.80. The normalized spacial score (nSPS) is 39.8. The topological polar surface area (TPSA) is 72.8 Å². The number of aliphatic carboxylic acids is 1. The van der Waals surface area contributed by atoms with Crippen LogP contribution >= 0.6 is 0 Å². The van der Waals surface area contributed by atoms with E-state index in [1.807, 2.05) is 0 Å². The Hall–Kier alpha value is -1.10. The van der Waals surface area contributed by atoms with Crippen LogP contribution in [-0.2, 0) is 19.1 Å². The summed E-state index contributed by atoms with van der Waals surface area (Å²) >= 11 is 0. The largest absolute Gasteiger partial charge is 0.481 e. The summed E-state index contributed by atoms with van der Waals surface area (Å²) in [6.45, 7) is 0. The van der Waals surface area contributed by atoms with Crippen molar-refractivity contribution in [2.75, 3.05) is 7.11 Å². The highest BCUT2D eigenvalue weighted by molar-refractivity contribution is 5.83. The molecule has 2 fully saturated rings. The Morgan fingerprint density at radius 2 is 1.86 bits per heavy atom. The number of carbonyl (C=O) groups is 2. The van der Waals surface area contributed by atoms with Gasteiger partial charge in [-0.1, -0.05) is 0 Å². The molecule has 5 nitrogen and oxygen atoms in total. The van der Waals surface area contributed by atoms with Crippen molar-refractivity contribution in [1.29, 1.82) is 0 Å². The van der Waals surface area contributed by atoms with Gasteiger partial charge in [-0.05, 0) is 12.8 Å². The molecule has 5 heteroatoms. The lowest BCUT2D eigenvalue weighted by Crippen LogP contribution is -2.38. The summed E-state index contributed by atoms with van der Waals surface area (Å²) < 4.78 is 9.98. The zero-order chi connectivity index (χ0) is 10.3. The number of rotatable bonds is 2. The van der Waals surface area contributed by atoms with E-state index >= 15 is 0 Å². The van der Waals surface area contributed by atoms with Crippen LogP contribution in [0.1, 0.15) is 12.8 Å². The van der Waals surface area contributed by atoms with E-state index in [-0.39, 0.29) is 12.2 Å². The second kappa shape index (κ2) is 3.24. The van der Waals surface area contributed by atoms with Crippen molar-refractivity contribution in [3.8, 4) is 0 Å². The Bertz CT molecular complexity index is 274. The monoisotopic (exact) mass is 200 g/mol. The first kappa shape index (κ1) is 9.45. The first-order chi connectivity index (χ1) is 6.65. The van der Waals surface area contributed by atoms with E-state index in [2.05, 4.69) is 4.74 Å². The SMILES string of the molecule is COC(=O)[C@H]1[C@@H](C(=O)O)[C@@H]2CC[C@@H]1O2. The molecule has 4 atom stereocenters. The smallest absolute Gasteiger partial charge is 0.312 e. The lowest BCUT2D eigenvalue weighted by atomic mass is 9.79. The van der Waals surface area contributed by atoms with Gasteiger partial charge >= 0.3 is 11.9 Å². The summed E-state index contributed by atoms with van der Waals surface area (Å²) in [5.41, 5.74) is 0. The summed E-state index contributed by atoms with van der Waals surface area (Å²) in [4.78, 5) is 22.3. The molecule has 0 radical (unpaired) electrons. The van der Waals surface area contributed by atoms with Gasteiger partial charge in [-0.2, -0.15) is 0 Å². The third-order valence-corrected chi connectivity index (χ3v) is 3.03. The van der Waals surface area contributed by atoms with Crippen LogP contribution in [0.5, 0.6) is 0 Å². The fourth-order valence-corrected chi connectivity index (χ4v) is 2.43. The molecule has 0 unspecified atom stereocenters. The number of carboxylic acids is 1. The standard InChI is InChI=1S/C9H12O5/c1-13-9(12)7-5-3-2-4(14-5)6(7)8(10)11/h4-7H,2-3H2,1H3,(H,10,11)/t4-,5-,6-,7+/m0/s1. The molecule has 0 aromatic rings. The molecule has 78 valence electrons. The molecule has 2 heterocycles. The third kappa shape index (κ3) is 1.19. The van der Waals surface area contributed by atoms with Gasteiger partial charge in [0.2, 0.25) is 0 Å². The number of methoxy groups -OCH3 is 1. The van der Waals surface area contributed by atoms with Gasteiger partial charge in [-0.3, -0.25) is 9.59 Å². The number of esters is 1. The molecule has 2 bridgehead atoms. The van der Waals surface area contributed by atoms with E-state index in [9.17, 15) is 9.59 Å². The Morgan fingerprint density at radius 1 is 1.29 bits per heavy atom. The quantitative estimate of drug-likeness (QED) is 0.637. The van der Waals surface area contributed by atoms with Crippen LogP contribution in [0.25, 0.3) is 0 Å². The van der Waals surface area contributed by atoms with Crippen LogP contribution in [0.2, 0.25) is 0 Å². The van der Waals surface area contributed by atoms with Crippen molar-refractivity contribution in [3.05, 3.63) is 0 Å². The highest BCUT2D eigenvalue weighted by Crippen LogP contribution is 2.43. The van der Waals surface area contributed by atoms with E-state index in [4.69, 9.17) is 9.84 Å². The van der Waals surface area contributed by atoms with Gasteiger partial charge in [0.05, 0.1) is 31.2 Å². The average Bonchev–Trinajstić information content (AvgIpc) is 2.74. The highest BCUT2D eigenvalue weighted by Gasteiger charge is 2.56. The summed E-state index contributed by atoms with van der Waals surface area (Å²) in [5.74, 6) is -2.77. The van der Waals surface area contributed by atoms with Gasteiger partial charge < -0.3 is 14.6 Å². The van der Waals surface area contributed by atoms with Crippen LogP contribution in [0.3, 0.4) is 0 Å². The summed E-state index contributed by atoms with van der Waals surface area (Å²) in [7, 11) is 1.27. The summed E-state index contributed by atoms with van der Waals surface area (Å²) in [6.07, 6.45) is 0.929. The highest BCUT2D eigenvalue weighted by atomic mass is 16.5. The van der Waals surface area contributed by atoms with E-state index in [1.165, 1.54) is 7.11 Å². The molecule has 0 aromatic carbocycles. The second-order valence-corrected chi connectivity index (χ2v) is 3.70. The molecule has 0 aromatic heterocycles. The molecule has 2 aliphatic rings. The van der Waals surface area contributed by atoms with Gasteiger partial charge in [0.1, 0.15) is 0 Å². The van der Waals surface area contributed by atoms with Crippen LogP contribution in [0.4, 0.5) is 0 Å². The molecule has 2 saturated heterocycles. The predicted octanol–water partition coefficient (Wildman–Crippen LogP) is 0.0376. The molecule has 0 saturated carbocycles. The predicted molar refractivity (Wildman–Crippen MR) is 44.5 cm³/mol. The minimum atomic E-state index is -0.965. The number of hydrogen-bond acceptors (Lipinski definition) is 4. The van der Waals surface area contributed by atoms with Crippen LogP contribution in [-0.4, -0.2) is 36.4 Å². The molecule has 0 aliphatic carbocycles. The van der Waals surface area contributed by atoms with Crippen molar-refractivity contribution >= 4 is 11.9 Å². The maximum atomic E-state index is 11.4. The van der Waals surface area contributed by atoms with Gasteiger partial charge in [0, 0.05) is 0 Å². The fourth-order valence-electron chi connectivity index (χ4n) is 2.43. The molecule has 0 spiro atoms. The number of carbonyl (C=O) groups excluding carboxylic acids is 1. The number of carboxylic acid groups (broad SMARTS) is 1. The lowest BCUT2D eigenvalue weighted by Gasteiger charge is -2.22. The first-order valence-electron chi connectivity index (χ1n) is 4.61. The lowest BCUT2D eigenvalue weighted by molar-refractivity contribution is -0.156. The summed E-state index contributed by atoms with van der Waals surface area (Å²) in [6, 6.07) is 0. The minimum Gasteiger partial charge on any atom is -0.481 e. The van der Waals surface area contributed by atoms with Crippen LogP contribution < -0.4 is 0 Å². The molecular formula is C9H12O5. The van der Waals surface area contributed by atoms with Crippen molar-refractivity contribution < 1.29 is 24.2 Å². The van der Waals surface area contributed by atoms with Gasteiger partial charge in [-0.25, -0.2) is 0 Å². The third-order valence-electron chi connectivity index (χ3n) is 3.03. The van der Waals surface area contributed by atoms with E-state index < -0.39 is 23.8 Å². The molecule has 0 amide bonds. The van der Waals surface area contributed by atoms with Crippen molar-refractivity contribution in [2.24, 2.45) is 11.8 Å². The van der Waals surface area contributed by atoms with Gasteiger partial charge in [-0.15, -0.1) is 0 Å². The van der Waals surface area contributed by atoms with E-state index in [0.717, 1.165) is 12.8 Å². The Labute approximate surface area is 81.0 Å². The van der Waals surface area contributed by atoms with E-state index in [1.54, 1.807) is 0 Å². The van der Waals surface area contributed by atoms with E-state index in [0.29, 0.717) is 0 Å². The van der Waals surface area contributed by atoms with Crippen molar-refractivity contribution in [2.45, 2.75) is 25.0 Å². The number of hydrogen-bond donors (Lipinski definition) is 1. The minimum absolute atomic E-state index is 0.256. The van der Waals surface area contributed by atoms with Gasteiger partial charge in [0.25, 0.3) is 0 Å². The number of fused-ring (bicyclic) bond motifs is 2.